The van der Waals surface area contributed by atoms with E-state index in [2.05, 4.69) is 4.98 Å². The van der Waals surface area contributed by atoms with Crippen LogP contribution in [0.3, 0.4) is 0 Å². The molecule has 0 saturated heterocycles. The Kier molecular flexibility index (Phi) is 4.86. The predicted octanol–water partition coefficient (Wildman–Crippen LogP) is 4.00. The van der Waals surface area contributed by atoms with E-state index in [0.717, 1.165) is 17.3 Å². The average Bonchev–Trinajstić information content (AvgIpc) is 2.58. The van der Waals surface area contributed by atoms with Crippen LogP contribution < -0.4 is 0 Å². The Labute approximate surface area is 108 Å². The fourth-order valence-corrected chi connectivity index (χ4v) is 2.67. The first-order valence-electron chi connectivity index (χ1n) is 6.38. The van der Waals surface area contributed by atoms with Gasteiger partial charge in [0.25, 0.3) is 0 Å². The van der Waals surface area contributed by atoms with Crippen LogP contribution in [0.1, 0.15) is 61.8 Å². The van der Waals surface area contributed by atoms with Crippen LogP contribution in [-0.4, -0.2) is 12.1 Å². The van der Waals surface area contributed by atoms with Crippen molar-refractivity contribution in [2.45, 2.75) is 56.9 Å². The van der Waals surface area contributed by atoms with Crippen LogP contribution in [-0.2, 0) is 17.2 Å². The lowest BCUT2D eigenvalue weighted by Crippen LogP contribution is -1.98. The molecule has 0 atom stereocenters. The van der Waals surface area contributed by atoms with Crippen molar-refractivity contribution in [2.24, 2.45) is 0 Å². The van der Waals surface area contributed by atoms with Gasteiger partial charge in [0, 0.05) is 13.0 Å². The molecule has 0 unspecified atom stereocenters. The zero-order chi connectivity index (χ0) is 12.1. The number of methoxy groups -OCH3 is 1. The first-order chi connectivity index (χ1) is 8.35. The smallest absolute Gasteiger partial charge is 0.197 e. The molecule has 0 bridgehead atoms. The number of nitrogens with zero attached hydrogens (tertiary/aromatic N) is 1. The Morgan fingerprint density at radius 2 is 2.00 bits per heavy atom. The number of alkyl halides is 1. The molecule has 1 aliphatic carbocycles. The number of halogens is 1. The van der Waals surface area contributed by atoms with Crippen LogP contribution in [0.5, 0.6) is 0 Å². The lowest BCUT2D eigenvalue weighted by atomic mass is 10.0. The van der Waals surface area contributed by atoms with Crippen molar-refractivity contribution in [1.82, 2.24) is 4.98 Å². The van der Waals surface area contributed by atoms with Gasteiger partial charge >= 0.3 is 0 Å². The Hall–Kier alpha value is -0.540. The molecule has 1 saturated carbocycles. The van der Waals surface area contributed by atoms with Crippen LogP contribution in [0, 0.1) is 0 Å². The molecule has 0 N–H and O–H groups in total. The Morgan fingerprint density at radius 1 is 1.29 bits per heavy atom. The summed E-state index contributed by atoms with van der Waals surface area (Å²) in [4.78, 5) is 4.56. The Bertz CT molecular complexity index is 343. The van der Waals surface area contributed by atoms with Crippen LogP contribution >= 0.6 is 11.6 Å². The zero-order valence-electron chi connectivity index (χ0n) is 10.4. The molecule has 17 heavy (non-hydrogen) atoms. The quantitative estimate of drug-likeness (QED) is 0.604. The third-order valence-electron chi connectivity index (χ3n) is 3.40. The minimum absolute atomic E-state index is 0.373. The summed E-state index contributed by atoms with van der Waals surface area (Å²) >= 11 is 5.86. The van der Waals surface area contributed by atoms with E-state index in [1.54, 1.807) is 7.11 Å². The third kappa shape index (κ3) is 3.23. The van der Waals surface area contributed by atoms with Gasteiger partial charge in [0.2, 0.25) is 0 Å². The fraction of sp³-hybridized carbons (Fsp3) is 0.769. The van der Waals surface area contributed by atoms with Crippen LogP contribution in [0.2, 0.25) is 0 Å². The van der Waals surface area contributed by atoms with Gasteiger partial charge in [-0.15, -0.1) is 11.6 Å². The highest BCUT2D eigenvalue weighted by Gasteiger charge is 2.21. The Balaban J connectivity index is 2.13. The first kappa shape index (κ1) is 12.9. The van der Waals surface area contributed by atoms with Gasteiger partial charge in [-0.05, 0) is 12.8 Å². The monoisotopic (exact) mass is 257 g/mol. The number of aromatic nitrogens is 1. The lowest BCUT2D eigenvalue weighted by Gasteiger charge is -2.08. The van der Waals surface area contributed by atoms with Crippen molar-refractivity contribution in [3.05, 3.63) is 17.3 Å². The minimum Gasteiger partial charge on any atom is -0.444 e. The SMILES string of the molecule is COCc1nc(C2CCCCCC2)oc1CCl. The molecular weight excluding hydrogens is 238 g/mol. The van der Waals surface area contributed by atoms with E-state index in [0.29, 0.717) is 18.4 Å². The largest absolute Gasteiger partial charge is 0.444 e. The van der Waals surface area contributed by atoms with Crippen molar-refractivity contribution in [2.75, 3.05) is 7.11 Å². The van der Waals surface area contributed by atoms with Crippen LogP contribution in [0.15, 0.2) is 4.42 Å². The van der Waals surface area contributed by atoms with Crippen molar-refractivity contribution in [3.8, 4) is 0 Å². The summed E-state index contributed by atoms with van der Waals surface area (Å²) < 4.78 is 10.9. The summed E-state index contributed by atoms with van der Waals surface area (Å²) in [5.74, 6) is 2.49. The maximum atomic E-state index is 5.86. The Morgan fingerprint density at radius 3 is 2.59 bits per heavy atom. The molecule has 4 heteroatoms. The molecule has 0 aromatic carbocycles. The summed E-state index contributed by atoms with van der Waals surface area (Å²) in [6, 6.07) is 0. The van der Waals surface area contributed by atoms with E-state index in [9.17, 15) is 0 Å². The van der Waals surface area contributed by atoms with E-state index < -0.39 is 0 Å². The third-order valence-corrected chi connectivity index (χ3v) is 3.64. The molecule has 0 aliphatic heterocycles. The van der Waals surface area contributed by atoms with Gasteiger partial charge in [-0.3, -0.25) is 0 Å². The van der Waals surface area contributed by atoms with Gasteiger partial charge in [-0.1, -0.05) is 25.7 Å². The number of hydrogen-bond donors (Lipinski definition) is 0. The number of rotatable bonds is 4. The van der Waals surface area contributed by atoms with Gasteiger partial charge in [0.05, 0.1) is 12.5 Å². The molecule has 0 spiro atoms. The summed E-state index contributed by atoms with van der Waals surface area (Å²) in [5.41, 5.74) is 0.863. The highest BCUT2D eigenvalue weighted by molar-refractivity contribution is 6.16. The summed E-state index contributed by atoms with van der Waals surface area (Å²) in [6.07, 6.45) is 7.62. The number of oxazole rings is 1. The molecular formula is C13H20ClNO2. The van der Waals surface area contributed by atoms with Gasteiger partial charge < -0.3 is 9.15 Å². The summed E-state index contributed by atoms with van der Waals surface area (Å²) in [6.45, 7) is 0.484. The standard InChI is InChI=1S/C13H20ClNO2/c1-16-9-11-12(8-14)17-13(15-11)10-6-4-2-3-5-7-10/h10H,2-9H2,1H3. The molecule has 1 aromatic rings. The number of ether oxygens (including phenoxy) is 1. The van der Waals surface area contributed by atoms with E-state index in [1.807, 2.05) is 0 Å². The molecule has 0 radical (unpaired) electrons. The van der Waals surface area contributed by atoms with Gasteiger partial charge in [-0.2, -0.15) is 0 Å². The maximum absolute atomic E-state index is 5.86. The van der Waals surface area contributed by atoms with Gasteiger partial charge in [0.1, 0.15) is 11.5 Å². The minimum atomic E-state index is 0.373. The van der Waals surface area contributed by atoms with Crippen molar-refractivity contribution >= 4 is 11.6 Å². The van der Waals surface area contributed by atoms with Crippen molar-refractivity contribution in [1.29, 1.82) is 0 Å². The topological polar surface area (TPSA) is 35.3 Å². The average molecular weight is 258 g/mol. The fourth-order valence-electron chi connectivity index (χ4n) is 2.46. The second kappa shape index (κ2) is 6.41. The first-order valence-corrected chi connectivity index (χ1v) is 6.92. The molecule has 0 amide bonds. The molecule has 1 heterocycles. The molecule has 1 aromatic heterocycles. The van der Waals surface area contributed by atoms with Crippen molar-refractivity contribution < 1.29 is 9.15 Å². The van der Waals surface area contributed by atoms with Crippen molar-refractivity contribution in [3.63, 3.8) is 0 Å². The van der Waals surface area contributed by atoms with E-state index in [-0.39, 0.29) is 0 Å². The van der Waals surface area contributed by atoms with Gasteiger partial charge in [-0.25, -0.2) is 4.98 Å². The molecule has 1 fully saturated rings. The van der Waals surface area contributed by atoms with E-state index in [1.165, 1.54) is 38.5 Å². The maximum Gasteiger partial charge on any atom is 0.197 e. The molecule has 96 valence electrons. The molecule has 2 rings (SSSR count). The molecule has 3 nitrogen and oxygen atoms in total. The number of hydrogen-bond acceptors (Lipinski definition) is 3. The second-order valence-corrected chi connectivity index (χ2v) is 4.94. The molecule has 1 aliphatic rings. The normalized spacial score (nSPS) is 18.2. The van der Waals surface area contributed by atoms with E-state index in [4.69, 9.17) is 20.8 Å². The second-order valence-electron chi connectivity index (χ2n) is 4.68. The predicted molar refractivity (Wildman–Crippen MR) is 67.2 cm³/mol. The summed E-state index contributed by atoms with van der Waals surface area (Å²) in [5, 5.41) is 0. The van der Waals surface area contributed by atoms with Crippen LogP contribution in [0.4, 0.5) is 0 Å². The van der Waals surface area contributed by atoms with Crippen LogP contribution in [0.25, 0.3) is 0 Å². The van der Waals surface area contributed by atoms with Gasteiger partial charge in [0.15, 0.2) is 5.89 Å². The highest BCUT2D eigenvalue weighted by Crippen LogP contribution is 2.32. The zero-order valence-corrected chi connectivity index (χ0v) is 11.1. The van der Waals surface area contributed by atoms with E-state index >= 15 is 0 Å². The lowest BCUT2D eigenvalue weighted by molar-refractivity contribution is 0.180. The summed E-state index contributed by atoms with van der Waals surface area (Å²) in [7, 11) is 1.66. The highest BCUT2D eigenvalue weighted by atomic mass is 35.5.